The van der Waals surface area contributed by atoms with E-state index in [1.807, 2.05) is 0 Å². The van der Waals surface area contributed by atoms with Gasteiger partial charge in [-0.2, -0.15) is 0 Å². The minimum Gasteiger partial charge on any atom is -0.480 e. The van der Waals surface area contributed by atoms with Gasteiger partial charge in [0, 0.05) is 19.5 Å². The lowest BCUT2D eigenvalue weighted by molar-refractivity contribution is -0.143. The van der Waals surface area contributed by atoms with Crippen LogP contribution in [-0.4, -0.2) is 53.0 Å². The molecule has 1 aliphatic rings. The normalized spacial score (nSPS) is 19.6. The summed E-state index contributed by atoms with van der Waals surface area (Å²) in [4.78, 5) is 46.3. The first-order chi connectivity index (χ1) is 9.81. The predicted molar refractivity (Wildman–Crippen MR) is 71.9 cm³/mol. The van der Waals surface area contributed by atoms with E-state index >= 15 is 0 Å². The topological polar surface area (TPSA) is 156 Å². The molecule has 0 aromatic rings. The second-order valence-corrected chi connectivity index (χ2v) is 5.03. The van der Waals surface area contributed by atoms with Crippen molar-refractivity contribution in [2.24, 2.45) is 17.4 Å². The third-order valence-electron chi connectivity index (χ3n) is 3.40. The van der Waals surface area contributed by atoms with Crippen LogP contribution in [0.25, 0.3) is 0 Å². The van der Waals surface area contributed by atoms with Crippen LogP contribution in [-0.2, 0) is 14.4 Å². The van der Waals surface area contributed by atoms with Crippen molar-refractivity contribution < 1.29 is 24.3 Å². The Balaban J connectivity index is 2.58. The fourth-order valence-electron chi connectivity index (χ4n) is 2.22. The number of hydrogen-bond acceptors (Lipinski definition) is 4. The van der Waals surface area contributed by atoms with Gasteiger partial charge in [-0.3, -0.25) is 9.59 Å². The second-order valence-electron chi connectivity index (χ2n) is 5.03. The van der Waals surface area contributed by atoms with Crippen molar-refractivity contribution in [2.45, 2.75) is 31.7 Å². The number of nitrogens with zero attached hydrogens (tertiary/aromatic N) is 1. The molecule has 0 bridgehead atoms. The van der Waals surface area contributed by atoms with Crippen LogP contribution in [0.15, 0.2) is 0 Å². The number of carbonyl (C=O) groups is 4. The molecule has 9 nitrogen and oxygen atoms in total. The van der Waals surface area contributed by atoms with Crippen LogP contribution in [0.3, 0.4) is 0 Å². The highest BCUT2D eigenvalue weighted by atomic mass is 16.4. The summed E-state index contributed by atoms with van der Waals surface area (Å²) in [7, 11) is 0. The van der Waals surface area contributed by atoms with Crippen LogP contribution >= 0.6 is 0 Å². The van der Waals surface area contributed by atoms with Crippen LogP contribution in [0.1, 0.15) is 25.7 Å². The number of carbonyl (C=O) groups excluding carboxylic acids is 3. The summed E-state index contributed by atoms with van der Waals surface area (Å²) in [6.07, 6.45) is 0.982. The highest BCUT2D eigenvalue weighted by Gasteiger charge is 2.30. The summed E-state index contributed by atoms with van der Waals surface area (Å²) < 4.78 is 0. The van der Waals surface area contributed by atoms with Crippen LogP contribution in [0, 0.1) is 5.92 Å². The number of primary amides is 2. The molecule has 0 aromatic carbocycles. The number of amides is 4. The number of carboxylic acid groups (broad SMARTS) is 1. The molecule has 0 radical (unpaired) electrons. The van der Waals surface area contributed by atoms with E-state index in [4.69, 9.17) is 16.6 Å². The first-order valence-corrected chi connectivity index (χ1v) is 6.67. The molecule has 1 unspecified atom stereocenters. The summed E-state index contributed by atoms with van der Waals surface area (Å²) in [5.41, 5.74) is 10.1. The third kappa shape index (κ3) is 5.28. The Kier molecular flexibility index (Phi) is 5.94. The van der Waals surface area contributed by atoms with E-state index in [1.165, 1.54) is 4.90 Å². The Morgan fingerprint density at radius 3 is 2.48 bits per heavy atom. The van der Waals surface area contributed by atoms with Crippen molar-refractivity contribution in [2.75, 3.05) is 13.1 Å². The Hall–Kier alpha value is -2.32. The first-order valence-electron chi connectivity index (χ1n) is 6.67. The molecule has 0 saturated carbocycles. The minimum atomic E-state index is -1.23. The van der Waals surface area contributed by atoms with Crippen LogP contribution < -0.4 is 16.8 Å². The van der Waals surface area contributed by atoms with Crippen molar-refractivity contribution in [1.29, 1.82) is 0 Å². The number of rotatable bonds is 6. The van der Waals surface area contributed by atoms with Crippen molar-refractivity contribution in [3.8, 4) is 0 Å². The van der Waals surface area contributed by atoms with Crippen LogP contribution in [0.5, 0.6) is 0 Å². The Bertz CT molecular complexity index is 439. The summed E-state index contributed by atoms with van der Waals surface area (Å²) >= 11 is 0. The molecule has 1 rings (SSSR count). The Labute approximate surface area is 121 Å². The van der Waals surface area contributed by atoms with Gasteiger partial charge in [0.25, 0.3) is 0 Å². The maximum atomic E-state index is 12.1. The summed E-state index contributed by atoms with van der Waals surface area (Å²) in [6, 6.07) is -1.77. The molecule has 6 N–H and O–H groups in total. The zero-order valence-electron chi connectivity index (χ0n) is 11.6. The molecule has 9 heteroatoms. The van der Waals surface area contributed by atoms with Gasteiger partial charge in [0.15, 0.2) is 0 Å². The van der Waals surface area contributed by atoms with E-state index in [-0.39, 0.29) is 19.4 Å². The van der Waals surface area contributed by atoms with Gasteiger partial charge in [0.2, 0.25) is 11.8 Å². The Morgan fingerprint density at radius 2 is 1.95 bits per heavy atom. The number of urea groups is 1. The smallest absolute Gasteiger partial charge is 0.326 e. The van der Waals surface area contributed by atoms with Gasteiger partial charge in [-0.05, 0) is 19.3 Å². The van der Waals surface area contributed by atoms with Crippen molar-refractivity contribution >= 4 is 23.8 Å². The van der Waals surface area contributed by atoms with E-state index in [0.29, 0.717) is 19.4 Å². The molecule has 2 atom stereocenters. The van der Waals surface area contributed by atoms with Gasteiger partial charge in [-0.1, -0.05) is 0 Å². The number of likely N-dealkylation sites (tertiary alicyclic amines) is 1. The average Bonchev–Trinajstić information content (AvgIpc) is 2.42. The van der Waals surface area contributed by atoms with E-state index in [9.17, 15) is 19.2 Å². The molecule has 1 fully saturated rings. The number of hydrogen-bond donors (Lipinski definition) is 4. The number of piperidine rings is 1. The predicted octanol–water partition coefficient (Wildman–Crippen LogP) is -1.39. The number of aliphatic carboxylic acids is 1. The first kappa shape index (κ1) is 16.7. The van der Waals surface area contributed by atoms with E-state index in [0.717, 1.165) is 0 Å². The molecule has 1 saturated heterocycles. The maximum Gasteiger partial charge on any atom is 0.326 e. The van der Waals surface area contributed by atoms with Gasteiger partial charge in [0.05, 0.1) is 5.92 Å². The highest BCUT2D eigenvalue weighted by molar-refractivity contribution is 5.86. The zero-order chi connectivity index (χ0) is 16.0. The molecule has 118 valence electrons. The molecular weight excluding hydrogens is 280 g/mol. The van der Waals surface area contributed by atoms with Crippen LogP contribution in [0.4, 0.5) is 4.79 Å². The molecular formula is C12H20N4O5. The number of carboxylic acids is 1. The van der Waals surface area contributed by atoms with Gasteiger partial charge in [0.1, 0.15) is 6.04 Å². The van der Waals surface area contributed by atoms with Gasteiger partial charge in [-0.15, -0.1) is 0 Å². The zero-order valence-corrected chi connectivity index (χ0v) is 11.6. The van der Waals surface area contributed by atoms with Crippen molar-refractivity contribution in [3.05, 3.63) is 0 Å². The standard InChI is InChI=1S/C12H20N4O5/c13-9(17)4-3-8(11(19)20)15-10(18)7-2-1-5-16(6-7)12(14)21/h7-8H,1-6H2,(H2,13,17)(H2,14,21)(H,15,18)(H,19,20)/t7?,8-/m0/s1. The number of nitrogens with one attached hydrogen (secondary N) is 1. The highest BCUT2D eigenvalue weighted by Crippen LogP contribution is 2.16. The largest absolute Gasteiger partial charge is 0.480 e. The van der Waals surface area contributed by atoms with E-state index in [2.05, 4.69) is 5.32 Å². The summed E-state index contributed by atoms with van der Waals surface area (Å²) in [5, 5.41) is 11.4. The average molecular weight is 300 g/mol. The van der Waals surface area contributed by atoms with Gasteiger partial charge < -0.3 is 26.8 Å². The van der Waals surface area contributed by atoms with Gasteiger partial charge in [-0.25, -0.2) is 9.59 Å². The molecule has 0 aliphatic carbocycles. The second kappa shape index (κ2) is 7.46. The maximum absolute atomic E-state index is 12.1. The summed E-state index contributed by atoms with van der Waals surface area (Å²) in [6.45, 7) is 0.659. The fourth-order valence-corrected chi connectivity index (χ4v) is 2.22. The third-order valence-corrected chi connectivity index (χ3v) is 3.40. The van der Waals surface area contributed by atoms with Crippen molar-refractivity contribution in [1.82, 2.24) is 10.2 Å². The van der Waals surface area contributed by atoms with E-state index < -0.39 is 35.8 Å². The molecule has 21 heavy (non-hydrogen) atoms. The fraction of sp³-hybridized carbons (Fsp3) is 0.667. The minimum absolute atomic E-state index is 0.0668. The lowest BCUT2D eigenvalue weighted by Crippen LogP contribution is -2.50. The van der Waals surface area contributed by atoms with Crippen LogP contribution in [0.2, 0.25) is 0 Å². The lowest BCUT2D eigenvalue weighted by Gasteiger charge is -2.31. The quantitative estimate of drug-likeness (QED) is 0.475. The molecule has 0 aromatic heterocycles. The SMILES string of the molecule is NC(=O)CC[C@H](NC(=O)C1CCCN(C(N)=O)C1)C(=O)O. The van der Waals surface area contributed by atoms with Crippen molar-refractivity contribution in [3.63, 3.8) is 0 Å². The molecule has 1 heterocycles. The lowest BCUT2D eigenvalue weighted by atomic mass is 9.96. The van der Waals surface area contributed by atoms with Gasteiger partial charge >= 0.3 is 12.0 Å². The number of nitrogens with two attached hydrogens (primary N) is 2. The summed E-state index contributed by atoms with van der Waals surface area (Å²) in [5.74, 6) is -2.82. The van der Waals surface area contributed by atoms with E-state index in [1.54, 1.807) is 0 Å². The molecule has 1 aliphatic heterocycles. The molecule has 4 amide bonds. The molecule has 0 spiro atoms. The Morgan fingerprint density at radius 1 is 1.29 bits per heavy atom. The monoisotopic (exact) mass is 300 g/mol.